The minimum absolute atomic E-state index is 0.00854. The second-order valence-electron chi connectivity index (χ2n) is 8.64. The maximum absolute atomic E-state index is 13.3. The normalized spacial score (nSPS) is 23.1. The highest BCUT2D eigenvalue weighted by Crippen LogP contribution is 2.41. The van der Waals surface area contributed by atoms with Gasteiger partial charge >= 0.3 is 6.09 Å². The molecule has 2 saturated heterocycles. The van der Waals surface area contributed by atoms with E-state index >= 15 is 0 Å². The zero-order valence-electron chi connectivity index (χ0n) is 17.5. The third-order valence-electron chi connectivity index (χ3n) is 6.44. The lowest BCUT2D eigenvalue weighted by atomic mass is 9.82. The van der Waals surface area contributed by atoms with Crippen LogP contribution in [0.25, 0.3) is 0 Å². The van der Waals surface area contributed by atoms with Gasteiger partial charge in [0.2, 0.25) is 0 Å². The number of ketones is 1. The molecule has 1 amide bonds. The molecule has 2 bridgehead atoms. The minimum Gasteiger partial charge on any atom is -0.445 e. The standard InChI is InChI=1S/C25H29NO3/c1-16-11-17(2)23(18(3)12-16)24(27)20-13-21-9-10-22(14-20)26(21)25(28)29-15-19-7-5-4-6-8-19/h4-8,11-12,20-22H,9-10,13-15H2,1-3H3. The molecule has 2 heterocycles. The van der Waals surface area contributed by atoms with E-state index in [0.29, 0.717) is 6.61 Å². The van der Waals surface area contributed by atoms with Gasteiger partial charge in [-0.05, 0) is 63.1 Å². The Labute approximate surface area is 172 Å². The van der Waals surface area contributed by atoms with Gasteiger partial charge in [-0.2, -0.15) is 0 Å². The number of ether oxygens (including phenoxy) is 1. The molecule has 2 aromatic rings. The first-order chi connectivity index (χ1) is 13.9. The number of aryl methyl sites for hydroxylation is 3. The summed E-state index contributed by atoms with van der Waals surface area (Å²) in [6.45, 7) is 6.41. The van der Waals surface area contributed by atoms with Crippen molar-refractivity contribution < 1.29 is 14.3 Å². The van der Waals surface area contributed by atoms with Crippen LogP contribution in [0.4, 0.5) is 4.79 Å². The molecule has 0 spiro atoms. The zero-order chi connectivity index (χ0) is 20.5. The number of hydrogen-bond donors (Lipinski definition) is 0. The summed E-state index contributed by atoms with van der Waals surface area (Å²) >= 11 is 0. The monoisotopic (exact) mass is 391 g/mol. The molecule has 2 unspecified atom stereocenters. The molecule has 0 aromatic heterocycles. The van der Waals surface area contributed by atoms with Gasteiger partial charge in [0.1, 0.15) is 6.61 Å². The Bertz CT molecular complexity index is 884. The van der Waals surface area contributed by atoms with Gasteiger partial charge in [0.25, 0.3) is 0 Å². The summed E-state index contributed by atoms with van der Waals surface area (Å²) in [5, 5.41) is 0. The summed E-state index contributed by atoms with van der Waals surface area (Å²) in [5.74, 6) is 0.236. The lowest BCUT2D eigenvalue weighted by Crippen LogP contribution is -2.48. The summed E-state index contributed by atoms with van der Waals surface area (Å²) in [6.07, 6.45) is 3.15. The fourth-order valence-electron chi connectivity index (χ4n) is 5.26. The van der Waals surface area contributed by atoms with Gasteiger partial charge in [-0.1, -0.05) is 48.0 Å². The second kappa shape index (κ2) is 8.02. The van der Waals surface area contributed by atoms with Crippen molar-refractivity contribution in [1.29, 1.82) is 0 Å². The molecular weight excluding hydrogens is 362 g/mol. The van der Waals surface area contributed by atoms with Crippen molar-refractivity contribution in [2.45, 2.75) is 65.1 Å². The fourth-order valence-corrected chi connectivity index (χ4v) is 5.26. The van der Waals surface area contributed by atoms with E-state index in [2.05, 4.69) is 19.1 Å². The summed E-state index contributed by atoms with van der Waals surface area (Å²) in [6, 6.07) is 14.1. The van der Waals surface area contributed by atoms with Crippen molar-refractivity contribution in [3.63, 3.8) is 0 Å². The number of rotatable bonds is 4. The Kier molecular flexibility index (Phi) is 5.44. The smallest absolute Gasteiger partial charge is 0.410 e. The first-order valence-corrected chi connectivity index (χ1v) is 10.5. The van der Waals surface area contributed by atoms with E-state index in [9.17, 15) is 9.59 Å². The Balaban J connectivity index is 1.44. The first kappa shape index (κ1) is 19.7. The van der Waals surface area contributed by atoms with Crippen molar-refractivity contribution in [3.8, 4) is 0 Å². The predicted molar refractivity (Wildman–Crippen MR) is 113 cm³/mol. The fraction of sp³-hybridized carbons (Fsp3) is 0.440. The quantitative estimate of drug-likeness (QED) is 0.658. The molecule has 152 valence electrons. The number of nitrogens with zero attached hydrogens (tertiary/aromatic N) is 1. The summed E-state index contributed by atoms with van der Waals surface area (Å²) in [5.41, 5.74) is 5.17. The molecule has 29 heavy (non-hydrogen) atoms. The van der Waals surface area contributed by atoms with E-state index in [-0.39, 0.29) is 29.9 Å². The minimum atomic E-state index is -0.241. The van der Waals surface area contributed by atoms with Crippen LogP contribution in [0.15, 0.2) is 42.5 Å². The van der Waals surface area contributed by atoms with Crippen molar-refractivity contribution >= 4 is 11.9 Å². The summed E-state index contributed by atoms with van der Waals surface area (Å²) < 4.78 is 5.58. The Hall–Kier alpha value is -2.62. The van der Waals surface area contributed by atoms with Gasteiger partial charge in [0, 0.05) is 23.6 Å². The van der Waals surface area contributed by atoms with Gasteiger partial charge in [0.15, 0.2) is 5.78 Å². The average Bonchev–Trinajstić information content (AvgIpc) is 2.95. The molecule has 4 nitrogen and oxygen atoms in total. The van der Waals surface area contributed by atoms with Crippen LogP contribution in [0.1, 0.15) is 58.3 Å². The molecule has 0 saturated carbocycles. The summed E-state index contributed by atoms with van der Waals surface area (Å²) in [4.78, 5) is 28.0. The van der Waals surface area contributed by atoms with Crippen LogP contribution in [0.2, 0.25) is 0 Å². The highest BCUT2D eigenvalue weighted by molar-refractivity contribution is 6.00. The molecular formula is C25H29NO3. The molecule has 4 heteroatoms. The maximum atomic E-state index is 13.3. The number of fused-ring (bicyclic) bond motifs is 2. The average molecular weight is 392 g/mol. The Morgan fingerprint density at radius 3 is 2.14 bits per heavy atom. The van der Waals surface area contributed by atoms with Gasteiger partial charge in [-0.15, -0.1) is 0 Å². The van der Waals surface area contributed by atoms with Gasteiger partial charge in [-0.25, -0.2) is 4.79 Å². The van der Waals surface area contributed by atoms with Gasteiger partial charge in [0.05, 0.1) is 0 Å². The van der Waals surface area contributed by atoms with E-state index in [1.165, 1.54) is 5.56 Å². The van der Waals surface area contributed by atoms with Crippen LogP contribution < -0.4 is 0 Å². The van der Waals surface area contributed by atoms with Crippen molar-refractivity contribution in [1.82, 2.24) is 4.90 Å². The van der Waals surface area contributed by atoms with Crippen molar-refractivity contribution in [2.75, 3.05) is 0 Å². The molecule has 0 aliphatic carbocycles. The highest BCUT2D eigenvalue weighted by Gasteiger charge is 2.46. The Morgan fingerprint density at radius 2 is 1.55 bits per heavy atom. The Morgan fingerprint density at radius 1 is 0.966 bits per heavy atom. The van der Waals surface area contributed by atoms with Crippen molar-refractivity contribution in [2.24, 2.45) is 5.92 Å². The molecule has 0 N–H and O–H groups in total. The van der Waals surface area contributed by atoms with Gasteiger partial charge in [-0.3, -0.25) is 4.79 Å². The number of hydrogen-bond acceptors (Lipinski definition) is 3. The number of carbonyl (C=O) groups is 2. The van der Waals surface area contributed by atoms with E-state index in [1.54, 1.807) is 0 Å². The van der Waals surface area contributed by atoms with Crippen LogP contribution in [0, 0.1) is 26.7 Å². The highest BCUT2D eigenvalue weighted by atomic mass is 16.6. The van der Waals surface area contributed by atoms with Crippen molar-refractivity contribution in [3.05, 3.63) is 70.3 Å². The molecule has 0 radical (unpaired) electrons. The van der Waals surface area contributed by atoms with E-state index in [1.807, 2.05) is 49.1 Å². The topological polar surface area (TPSA) is 46.6 Å². The zero-order valence-corrected chi connectivity index (χ0v) is 17.5. The third kappa shape index (κ3) is 3.93. The molecule has 2 fully saturated rings. The van der Waals surface area contributed by atoms with E-state index in [4.69, 9.17) is 4.74 Å². The number of piperidine rings is 1. The number of amides is 1. The van der Waals surface area contributed by atoms with Crippen LogP contribution in [0.3, 0.4) is 0 Å². The molecule has 2 aromatic carbocycles. The molecule has 4 rings (SSSR count). The van der Waals surface area contributed by atoms with E-state index in [0.717, 1.165) is 47.9 Å². The number of Topliss-reactive ketones (excluding diaryl/α,β-unsaturated/α-hetero) is 1. The van der Waals surface area contributed by atoms with Crippen LogP contribution in [0.5, 0.6) is 0 Å². The molecule has 2 aliphatic rings. The van der Waals surface area contributed by atoms with E-state index < -0.39 is 0 Å². The largest absolute Gasteiger partial charge is 0.445 e. The first-order valence-electron chi connectivity index (χ1n) is 10.5. The second-order valence-corrected chi connectivity index (χ2v) is 8.64. The number of carbonyl (C=O) groups excluding carboxylic acids is 2. The summed E-state index contributed by atoms with van der Waals surface area (Å²) in [7, 11) is 0. The van der Waals surface area contributed by atoms with Crippen LogP contribution >= 0.6 is 0 Å². The lowest BCUT2D eigenvalue weighted by Gasteiger charge is -2.37. The lowest BCUT2D eigenvalue weighted by molar-refractivity contribution is 0.0484. The number of benzene rings is 2. The van der Waals surface area contributed by atoms with Gasteiger partial charge < -0.3 is 9.64 Å². The maximum Gasteiger partial charge on any atom is 0.410 e. The molecule has 2 atom stereocenters. The predicted octanol–water partition coefficient (Wildman–Crippen LogP) is 5.37. The third-order valence-corrected chi connectivity index (χ3v) is 6.44. The van der Waals surface area contributed by atoms with Crippen LogP contribution in [-0.2, 0) is 11.3 Å². The molecule has 2 aliphatic heterocycles. The van der Waals surface area contributed by atoms with Crippen LogP contribution in [-0.4, -0.2) is 28.9 Å². The SMILES string of the molecule is Cc1cc(C)c(C(=O)C2CC3CCC(C2)N3C(=O)OCc2ccccc2)c(C)c1.